The van der Waals surface area contributed by atoms with Gasteiger partial charge in [-0.25, -0.2) is 0 Å². The van der Waals surface area contributed by atoms with E-state index in [4.69, 9.17) is 4.42 Å². The van der Waals surface area contributed by atoms with Crippen LogP contribution in [0.2, 0.25) is 0 Å². The Bertz CT molecular complexity index is 326. The van der Waals surface area contributed by atoms with Crippen molar-refractivity contribution in [1.82, 2.24) is 10.2 Å². The van der Waals surface area contributed by atoms with E-state index in [-0.39, 0.29) is 0 Å². The number of hydrogen-bond donors (Lipinski definition) is 1. The van der Waals surface area contributed by atoms with E-state index in [9.17, 15) is 0 Å². The Hall–Kier alpha value is -1.06. The summed E-state index contributed by atoms with van der Waals surface area (Å²) in [7, 11) is 0. The van der Waals surface area contributed by atoms with Crippen LogP contribution in [0.25, 0.3) is 0 Å². The molecule has 2 heterocycles. The number of nitrogens with zero attached hydrogens (tertiary/aromatic N) is 1. The number of rotatable bonds is 4. The molecule has 0 unspecified atom stereocenters. The number of furan rings is 1. The molecule has 88 valence electrons. The third-order valence-corrected chi connectivity index (χ3v) is 3.06. The van der Waals surface area contributed by atoms with Crippen molar-refractivity contribution >= 4 is 0 Å². The van der Waals surface area contributed by atoms with Crippen LogP contribution in [-0.4, -0.2) is 31.1 Å². The summed E-state index contributed by atoms with van der Waals surface area (Å²) in [4.78, 5) is 2.51. The molecule has 0 spiro atoms. The maximum atomic E-state index is 5.20. The summed E-state index contributed by atoms with van der Waals surface area (Å²) in [6.07, 6.45) is 4.62. The van der Waals surface area contributed by atoms with Crippen molar-refractivity contribution in [3.8, 4) is 0 Å². The topological polar surface area (TPSA) is 28.4 Å². The third kappa shape index (κ3) is 2.74. The smallest absolute Gasteiger partial charge is 0.0950 e. The van der Waals surface area contributed by atoms with Crippen LogP contribution in [0.3, 0.4) is 0 Å². The highest BCUT2D eigenvalue weighted by Gasteiger charge is 2.22. The molecule has 1 aromatic rings. The fourth-order valence-electron chi connectivity index (χ4n) is 2.25. The highest BCUT2D eigenvalue weighted by molar-refractivity contribution is 5.15. The van der Waals surface area contributed by atoms with E-state index < -0.39 is 0 Å². The largest absolute Gasteiger partial charge is 0.472 e. The lowest BCUT2D eigenvalue weighted by molar-refractivity contribution is 0.172. The van der Waals surface area contributed by atoms with Gasteiger partial charge in [0.1, 0.15) is 0 Å². The van der Waals surface area contributed by atoms with E-state index in [1.165, 1.54) is 11.1 Å². The van der Waals surface area contributed by atoms with Crippen LogP contribution < -0.4 is 5.32 Å². The van der Waals surface area contributed by atoms with Gasteiger partial charge >= 0.3 is 0 Å². The molecule has 0 radical (unpaired) electrons. The van der Waals surface area contributed by atoms with Gasteiger partial charge in [0.15, 0.2) is 0 Å². The normalized spacial score (nSPS) is 19.6. The van der Waals surface area contributed by atoms with Gasteiger partial charge in [-0.05, 0) is 19.4 Å². The van der Waals surface area contributed by atoms with Gasteiger partial charge in [0.2, 0.25) is 0 Å². The van der Waals surface area contributed by atoms with Gasteiger partial charge in [0.05, 0.1) is 12.5 Å². The molecule has 1 fully saturated rings. The van der Waals surface area contributed by atoms with Crippen molar-refractivity contribution in [3.63, 3.8) is 0 Å². The van der Waals surface area contributed by atoms with Crippen molar-refractivity contribution in [1.29, 1.82) is 0 Å². The minimum Gasteiger partial charge on any atom is -0.472 e. The van der Waals surface area contributed by atoms with Gasteiger partial charge in [-0.2, -0.15) is 0 Å². The summed E-state index contributed by atoms with van der Waals surface area (Å²) >= 11 is 0. The molecule has 1 N–H and O–H groups in total. The third-order valence-electron chi connectivity index (χ3n) is 3.06. The first kappa shape index (κ1) is 11.4. The predicted octanol–water partition coefficient (Wildman–Crippen LogP) is 2.19. The van der Waals surface area contributed by atoms with Crippen LogP contribution in [0.1, 0.15) is 24.9 Å². The lowest BCUT2D eigenvalue weighted by atomic mass is 10.0. The van der Waals surface area contributed by atoms with Gasteiger partial charge in [-0.3, -0.25) is 4.90 Å². The second-order valence-corrected chi connectivity index (χ2v) is 4.52. The summed E-state index contributed by atoms with van der Waals surface area (Å²) in [6.45, 7) is 10.5. The Morgan fingerprint density at radius 2 is 2.31 bits per heavy atom. The second-order valence-electron chi connectivity index (χ2n) is 4.52. The molecule has 0 amide bonds. The van der Waals surface area contributed by atoms with Crippen LogP contribution in [0.4, 0.5) is 0 Å². The molecule has 2 rings (SSSR count). The Balaban J connectivity index is 2.10. The number of piperazine rings is 1. The average Bonchev–Trinajstić information content (AvgIpc) is 2.80. The first-order valence-electron chi connectivity index (χ1n) is 5.88. The van der Waals surface area contributed by atoms with Gasteiger partial charge in [0, 0.05) is 37.8 Å². The maximum absolute atomic E-state index is 5.20. The lowest BCUT2D eigenvalue weighted by Gasteiger charge is -2.34. The molecule has 0 aromatic carbocycles. The van der Waals surface area contributed by atoms with E-state index in [2.05, 4.69) is 29.8 Å². The van der Waals surface area contributed by atoms with E-state index in [0.29, 0.717) is 6.04 Å². The van der Waals surface area contributed by atoms with E-state index in [1.807, 2.05) is 6.26 Å². The zero-order valence-electron chi connectivity index (χ0n) is 9.91. The Kier molecular flexibility index (Phi) is 3.80. The Morgan fingerprint density at radius 3 is 2.88 bits per heavy atom. The molecule has 3 heteroatoms. The van der Waals surface area contributed by atoms with Crippen LogP contribution in [0.15, 0.2) is 35.2 Å². The highest BCUT2D eigenvalue weighted by Crippen LogP contribution is 2.27. The molecular weight excluding hydrogens is 200 g/mol. The molecule has 3 nitrogen and oxygen atoms in total. The highest BCUT2D eigenvalue weighted by atomic mass is 16.3. The molecule has 16 heavy (non-hydrogen) atoms. The van der Waals surface area contributed by atoms with Crippen LogP contribution in [0, 0.1) is 0 Å². The fraction of sp³-hybridized carbons (Fsp3) is 0.538. The molecule has 1 aliphatic rings. The molecule has 0 saturated carbocycles. The SMILES string of the molecule is C=C(C)C[C@H](c1ccoc1)N1CCNCC1. The zero-order chi connectivity index (χ0) is 11.4. The first-order chi connectivity index (χ1) is 7.77. The standard InChI is InChI=1S/C13H20N2O/c1-11(2)9-13(12-3-8-16-10-12)15-6-4-14-5-7-15/h3,8,10,13-14H,1,4-7,9H2,2H3/t13-/m1/s1. The molecule has 1 saturated heterocycles. The Labute approximate surface area is 97.1 Å². The summed E-state index contributed by atoms with van der Waals surface area (Å²) in [6, 6.07) is 2.49. The van der Waals surface area contributed by atoms with Crippen molar-refractivity contribution in [3.05, 3.63) is 36.3 Å². The van der Waals surface area contributed by atoms with E-state index >= 15 is 0 Å². The van der Waals surface area contributed by atoms with Crippen molar-refractivity contribution < 1.29 is 4.42 Å². The van der Waals surface area contributed by atoms with Gasteiger partial charge in [-0.15, -0.1) is 6.58 Å². The van der Waals surface area contributed by atoms with Crippen molar-refractivity contribution in [2.75, 3.05) is 26.2 Å². The van der Waals surface area contributed by atoms with Gasteiger partial charge in [-0.1, -0.05) is 5.57 Å². The number of hydrogen-bond acceptors (Lipinski definition) is 3. The minimum absolute atomic E-state index is 0.429. The minimum atomic E-state index is 0.429. The molecule has 0 bridgehead atoms. The van der Waals surface area contributed by atoms with Crippen LogP contribution >= 0.6 is 0 Å². The second kappa shape index (κ2) is 5.32. The predicted molar refractivity (Wildman–Crippen MR) is 65.3 cm³/mol. The fourth-order valence-corrected chi connectivity index (χ4v) is 2.25. The molecule has 1 atom stereocenters. The Morgan fingerprint density at radius 1 is 1.56 bits per heavy atom. The molecule has 1 aromatic heterocycles. The van der Waals surface area contributed by atoms with E-state index in [0.717, 1.165) is 32.6 Å². The van der Waals surface area contributed by atoms with Crippen LogP contribution in [-0.2, 0) is 0 Å². The summed E-state index contributed by atoms with van der Waals surface area (Å²) in [5.74, 6) is 0. The van der Waals surface area contributed by atoms with Crippen molar-refractivity contribution in [2.24, 2.45) is 0 Å². The van der Waals surface area contributed by atoms with Gasteiger partial charge < -0.3 is 9.73 Å². The van der Waals surface area contributed by atoms with Crippen molar-refractivity contribution in [2.45, 2.75) is 19.4 Å². The monoisotopic (exact) mass is 220 g/mol. The maximum Gasteiger partial charge on any atom is 0.0950 e. The average molecular weight is 220 g/mol. The molecule has 0 aliphatic carbocycles. The number of nitrogens with one attached hydrogen (secondary N) is 1. The lowest BCUT2D eigenvalue weighted by Crippen LogP contribution is -2.45. The van der Waals surface area contributed by atoms with Crippen LogP contribution in [0.5, 0.6) is 0 Å². The quantitative estimate of drug-likeness (QED) is 0.788. The summed E-state index contributed by atoms with van der Waals surface area (Å²) < 4.78 is 5.20. The zero-order valence-corrected chi connectivity index (χ0v) is 9.91. The first-order valence-corrected chi connectivity index (χ1v) is 5.88. The summed E-state index contributed by atoms with van der Waals surface area (Å²) in [5.41, 5.74) is 2.50. The molecular formula is C13H20N2O. The molecule has 1 aliphatic heterocycles. The van der Waals surface area contributed by atoms with Gasteiger partial charge in [0.25, 0.3) is 0 Å². The summed E-state index contributed by atoms with van der Waals surface area (Å²) in [5, 5.41) is 3.38. The van der Waals surface area contributed by atoms with E-state index in [1.54, 1.807) is 6.26 Å².